The van der Waals surface area contributed by atoms with E-state index in [2.05, 4.69) is 45.9 Å². The summed E-state index contributed by atoms with van der Waals surface area (Å²) in [4.78, 5) is 11.4. The standard InChI is InChI=1S/C21H32O/c1-17(2)8-5-9-18(3)10-6-11-19(4)14-15-20-12-7-13-21(22)16-20/h7-8,10,13-14,20H,5-6,9,11-12,15-16H2,1-4H3. The summed E-state index contributed by atoms with van der Waals surface area (Å²) in [5.74, 6) is 0.811. The Morgan fingerprint density at radius 2 is 1.68 bits per heavy atom. The van der Waals surface area contributed by atoms with Gasteiger partial charge in [0.2, 0.25) is 0 Å². The monoisotopic (exact) mass is 300 g/mol. The molecule has 0 saturated heterocycles. The van der Waals surface area contributed by atoms with E-state index in [4.69, 9.17) is 0 Å². The SMILES string of the molecule is CC(C)=CCCC(C)=CCCC(C)=CCC1CC=CC(=O)C1. The fourth-order valence-electron chi connectivity index (χ4n) is 2.71. The van der Waals surface area contributed by atoms with Crippen molar-refractivity contribution in [1.29, 1.82) is 0 Å². The summed E-state index contributed by atoms with van der Waals surface area (Å²) >= 11 is 0. The molecule has 0 fully saturated rings. The van der Waals surface area contributed by atoms with Crippen molar-refractivity contribution in [2.45, 2.75) is 72.6 Å². The predicted molar refractivity (Wildman–Crippen MR) is 96.9 cm³/mol. The van der Waals surface area contributed by atoms with Crippen molar-refractivity contribution in [2.24, 2.45) is 5.92 Å². The first-order valence-electron chi connectivity index (χ1n) is 8.61. The molecule has 0 aliphatic heterocycles. The quantitative estimate of drug-likeness (QED) is 0.479. The maximum absolute atomic E-state index is 11.4. The van der Waals surface area contributed by atoms with Crippen LogP contribution < -0.4 is 0 Å². The van der Waals surface area contributed by atoms with E-state index in [9.17, 15) is 4.79 Å². The molecule has 0 N–H and O–H groups in total. The molecule has 1 atom stereocenters. The molecule has 0 spiro atoms. The lowest BCUT2D eigenvalue weighted by atomic mass is 9.90. The molecule has 0 radical (unpaired) electrons. The smallest absolute Gasteiger partial charge is 0.155 e. The minimum atomic E-state index is 0.289. The van der Waals surface area contributed by atoms with Crippen molar-refractivity contribution in [2.75, 3.05) is 0 Å². The Kier molecular flexibility index (Phi) is 8.81. The van der Waals surface area contributed by atoms with Gasteiger partial charge in [-0.25, -0.2) is 0 Å². The molecule has 122 valence electrons. The second-order valence-electron chi connectivity index (χ2n) is 6.87. The molecule has 0 amide bonds. The maximum Gasteiger partial charge on any atom is 0.155 e. The van der Waals surface area contributed by atoms with E-state index in [1.54, 1.807) is 6.08 Å². The van der Waals surface area contributed by atoms with Crippen molar-refractivity contribution in [3.63, 3.8) is 0 Å². The lowest BCUT2D eigenvalue weighted by molar-refractivity contribution is -0.115. The van der Waals surface area contributed by atoms with Gasteiger partial charge < -0.3 is 0 Å². The lowest BCUT2D eigenvalue weighted by Crippen LogP contribution is -2.09. The van der Waals surface area contributed by atoms with Gasteiger partial charge in [0.25, 0.3) is 0 Å². The topological polar surface area (TPSA) is 17.1 Å². The summed E-state index contributed by atoms with van der Waals surface area (Å²) in [6.07, 6.45) is 18.2. The van der Waals surface area contributed by atoms with Crippen molar-refractivity contribution in [1.82, 2.24) is 0 Å². The van der Waals surface area contributed by atoms with Gasteiger partial charge in [-0.15, -0.1) is 0 Å². The average molecular weight is 300 g/mol. The first kappa shape index (κ1) is 18.7. The van der Waals surface area contributed by atoms with Gasteiger partial charge >= 0.3 is 0 Å². The van der Waals surface area contributed by atoms with Crippen LogP contribution in [0.4, 0.5) is 0 Å². The van der Waals surface area contributed by atoms with Crippen LogP contribution in [0.25, 0.3) is 0 Å². The molecule has 0 heterocycles. The van der Waals surface area contributed by atoms with Crippen LogP contribution in [0.5, 0.6) is 0 Å². The fourth-order valence-corrected chi connectivity index (χ4v) is 2.71. The minimum Gasteiger partial charge on any atom is -0.295 e. The van der Waals surface area contributed by atoms with E-state index >= 15 is 0 Å². The van der Waals surface area contributed by atoms with Crippen molar-refractivity contribution >= 4 is 5.78 Å². The predicted octanol–water partition coefficient (Wildman–Crippen LogP) is 6.33. The number of carbonyl (C=O) groups excluding carboxylic acids is 1. The van der Waals surface area contributed by atoms with Crippen LogP contribution in [-0.4, -0.2) is 5.78 Å². The normalized spacial score (nSPS) is 19.5. The summed E-state index contributed by atoms with van der Waals surface area (Å²) in [6, 6.07) is 0. The van der Waals surface area contributed by atoms with Crippen molar-refractivity contribution in [3.05, 3.63) is 47.1 Å². The third-order valence-corrected chi connectivity index (χ3v) is 4.19. The second kappa shape index (κ2) is 10.4. The van der Waals surface area contributed by atoms with Gasteiger partial charge in [-0.3, -0.25) is 4.79 Å². The highest BCUT2D eigenvalue weighted by molar-refractivity contribution is 5.90. The molecule has 1 unspecified atom stereocenters. The Labute approximate surface area is 136 Å². The Hall–Kier alpha value is -1.37. The highest BCUT2D eigenvalue weighted by Crippen LogP contribution is 2.21. The summed E-state index contributed by atoms with van der Waals surface area (Å²) in [7, 11) is 0. The van der Waals surface area contributed by atoms with E-state index in [0.29, 0.717) is 5.92 Å². The van der Waals surface area contributed by atoms with Crippen LogP contribution in [0.15, 0.2) is 47.1 Å². The molecule has 1 heteroatoms. The number of ketones is 1. The third kappa shape index (κ3) is 8.81. The maximum atomic E-state index is 11.4. The van der Waals surface area contributed by atoms with Crippen LogP contribution in [0.1, 0.15) is 72.6 Å². The Bertz CT molecular complexity index is 470. The molecule has 1 aliphatic carbocycles. The fraction of sp³-hybridized carbons (Fsp3) is 0.571. The first-order chi connectivity index (χ1) is 10.5. The van der Waals surface area contributed by atoms with Gasteiger partial charge in [0.05, 0.1) is 0 Å². The number of rotatable bonds is 8. The van der Waals surface area contributed by atoms with Crippen molar-refractivity contribution in [3.8, 4) is 0 Å². The van der Waals surface area contributed by atoms with Crippen molar-refractivity contribution < 1.29 is 4.79 Å². The summed E-state index contributed by atoms with van der Waals surface area (Å²) in [6.45, 7) is 8.76. The van der Waals surface area contributed by atoms with Gasteiger partial charge in [0, 0.05) is 6.42 Å². The summed E-state index contributed by atoms with van der Waals surface area (Å²) in [5.41, 5.74) is 4.35. The Balaban J connectivity index is 2.25. The zero-order valence-electron chi connectivity index (χ0n) is 14.8. The molecule has 0 aromatic heterocycles. The molecule has 1 nitrogen and oxygen atoms in total. The molecule has 0 aromatic rings. The molecular formula is C21H32O. The van der Waals surface area contributed by atoms with Gasteiger partial charge in [0.15, 0.2) is 5.78 Å². The van der Waals surface area contributed by atoms with Gasteiger partial charge in [-0.1, -0.05) is 41.0 Å². The minimum absolute atomic E-state index is 0.289. The molecule has 1 aliphatic rings. The second-order valence-corrected chi connectivity index (χ2v) is 6.87. The van der Waals surface area contributed by atoms with Gasteiger partial charge in [-0.2, -0.15) is 0 Å². The van der Waals surface area contributed by atoms with Crippen LogP contribution in [-0.2, 0) is 4.79 Å². The summed E-state index contributed by atoms with van der Waals surface area (Å²) < 4.78 is 0. The average Bonchev–Trinajstić information content (AvgIpc) is 2.45. The number of hydrogen-bond acceptors (Lipinski definition) is 1. The molecular weight excluding hydrogens is 268 g/mol. The van der Waals surface area contributed by atoms with E-state index < -0.39 is 0 Å². The van der Waals surface area contributed by atoms with E-state index in [1.165, 1.54) is 23.1 Å². The lowest BCUT2D eigenvalue weighted by Gasteiger charge is -2.15. The molecule has 0 saturated carbocycles. The first-order valence-corrected chi connectivity index (χ1v) is 8.61. The third-order valence-electron chi connectivity index (χ3n) is 4.19. The number of hydrogen-bond donors (Lipinski definition) is 0. The van der Waals surface area contributed by atoms with E-state index in [1.807, 2.05) is 6.08 Å². The van der Waals surface area contributed by atoms with Gasteiger partial charge in [0.1, 0.15) is 0 Å². The molecule has 22 heavy (non-hydrogen) atoms. The van der Waals surface area contributed by atoms with Gasteiger partial charge in [-0.05, 0) is 78.2 Å². The molecule has 1 rings (SSSR count). The van der Waals surface area contributed by atoms with E-state index in [-0.39, 0.29) is 5.78 Å². The number of allylic oxidation sites excluding steroid dienone is 8. The molecule has 0 bridgehead atoms. The highest BCUT2D eigenvalue weighted by Gasteiger charge is 2.13. The zero-order valence-corrected chi connectivity index (χ0v) is 14.8. The highest BCUT2D eigenvalue weighted by atomic mass is 16.1. The van der Waals surface area contributed by atoms with Crippen LogP contribution >= 0.6 is 0 Å². The summed E-state index contributed by atoms with van der Waals surface area (Å²) in [5, 5.41) is 0. The van der Waals surface area contributed by atoms with Crippen LogP contribution in [0.2, 0.25) is 0 Å². The Morgan fingerprint density at radius 3 is 2.32 bits per heavy atom. The zero-order chi connectivity index (χ0) is 16.4. The van der Waals surface area contributed by atoms with Crippen LogP contribution in [0.3, 0.4) is 0 Å². The largest absolute Gasteiger partial charge is 0.295 e. The Morgan fingerprint density at radius 1 is 1.05 bits per heavy atom. The van der Waals surface area contributed by atoms with E-state index in [0.717, 1.165) is 38.5 Å². The number of carbonyl (C=O) groups is 1. The molecule has 0 aromatic carbocycles. The van der Waals surface area contributed by atoms with Crippen LogP contribution in [0, 0.1) is 5.92 Å².